The molecule has 0 N–H and O–H groups in total. The van der Waals surface area contributed by atoms with Crippen LogP contribution in [-0.2, 0) is 9.68 Å². The van der Waals surface area contributed by atoms with Crippen LogP contribution in [0.25, 0.3) is 0 Å². The van der Waals surface area contributed by atoms with Crippen molar-refractivity contribution in [3.8, 4) is 0 Å². The Balaban J connectivity index is 2.19. The molecule has 0 unspecified atom stereocenters. The first-order valence-electron chi connectivity index (χ1n) is 4.01. The zero-order chi connectivity index (χ0) is 8.10. The predicted molar refractivity (Wildman–Crippen MR) is 38.6 cm³/mol. The molecule has 1 fully saturated rings. The van der Waals surface area contributed by atoms with Gasteiger partial charge in [-0.15, -0.1) is 0 Å². The van der Waals surface area contributed by atoms with Crippen LogP contribution < -0.4 is 0 Å². The van der Waals surface area contributed by atoms with Gasteiger partial charge in [0.2, 0.25) is 0 Å². The Labute approximate surface area is 66.0 Å². The first-order chi connectivity index (χ1) is 5.33. The minimum atomic E-state index is 0.0706. The summed E-state index contributed by atoms with van der Waals surface area (Å²) in [6, 6.07) is 0. The minimum absolute atomic E-state index is 0.0706. The van der Waals surface area contributed by atoms with Crippen LogP contribution in [0.4, 0.5) is 0 Å². The fraction of sp³-hybridized carbons (Fsp3) is 1.00. The highest BCUT2D eigenvalue weighted by Crippen LogP contribution is 2.20. The molecular formula is C7H14NO3+. The Morgan fingerprint density at radius 2 is 1.91 bits per heavy atom. The summed E-state index contributed by atoms with van der Waals surface area (Å²) in [4.78, 5) is 19.8. The minimum Gasteiger partial charge on any atom is -0.190 e. The molecule has 0 aromatic carbocycles. The normalized spacial score (nSPS) is 19.4. The average molecular weight is 160 g/mol. The van der Waals surface area contributed by atoms with Gasteiger partial charge in [-0.05, 0) is 25.7 Å². The SMILES string of the molecule is CO[N+](=O)OC1CCCCC1. The van der Waals surface area contributed by atoms with E-state index in [1.807, 2.05) is 0 Å². The molecule has 0 spiro atoms. The zero-order valence-corrected chi connectivity index (χ0v) is 6.78. The summed E-state index contributed by atoms with van der Waals surface area (Å²) in [6.45, 7) is 0. The van der Waals surface area contributed by atoms with Crippen molar-refractivity contribution >= 4 is 0 Å². The summed E-state index contributed by atoms with van der Waals surface area (Å²) in [5.41, 5.74) is 0. The average Bonchev–Trinajstić information content (AvgIpc) is 2.06. The van der Waals surface area contributed by atoms with Crippen molar-refractivity contribution in [3.05, 3.63) is 4.91 Å². The summed E-state index contributed by atoms with van der Waals surface area (Å²) in [6.07, 6.45) is 5.58. The van der Waals surface area contributed by atoms with Gasteiger partial charge >= 0.3 is 5.09 Å². The monoisotopic (exact) mass is 160 g/mol. The number of nitrogens with zero attached hydrogens (tertiary/aromatic N) is 1. The van der Waals surface area contributed by atoms with Gasteiger partial charge in [0, 0.05) is 0 Å². The quantitative estimate of drug-likeness (QED) is 0.588. The zero-order valence-electron chi connectivity index (χ0n) is 6.78. The van der Waals surface area contributed by atoms with Crippen LogP contribution in [0, 0.1) is 4.91 Å². The molecule has 0 heterocycles. The van der Waals surface area contributed by atoms with Crippen LogP contribution in [0.2, 0.25) is 0 Å². The van der Waals surface area contributed by atoms with Crippen molar-refractivity contribution < 1.29 is 14.8 Å². The molecule has 11 heavy (non-hydrogen) atoms. The molecule has 1 aliphatic carbocycles. The van der Waals surface area contributed by atoms with Crippen molar-refractivity contribution in [2.45, 2.75) is 38.2 Å². The number of rotatable bonds is 3. The smallest absolute Gasteiger partial charge is 0.190 e. The molecule has 4 nitrogen and oxygen atoms in total. The van der Waals surface area contributed by atoms with E-state index in [0.717, 1.165) is 25.7 Å². The van der Waals surface area contributed by atoms with Crippen molar-refractivity contribution in [2.75, 3.05) is 7.11 Å². The Morgan fingerprint density at radius 3 is 2.45 bits per heavy atom. The van der Waals surface area contributed by atoms with Crippen molar-refractivity contribution in [2.24, 2.45) is 0 Å². The van der Waals surface area contributed by atoms with E-state index >= 15 is 0 Å². The molecular weight excluding hydrogens is 146 g/mol. The molecule has 64 valence electrons. The molecule has 0 saturated heterocycles. The maximum absolute atomic E-state index is 10.6. The molecule has 0 aromatic heterocycles. The van der Waals surface area contributed by atoms with E-state index in [1.165, 1.54) is 13.5 Å². The van der Waals surface area contributed by atoms with E-state index in [-0.39, 0.29) is 11.2 Å². The van der Waals surface area contributed by atoms with Crippen LogP contribution in [-0.4, -0.2) is 18.3 Å². The lowest BCUT2D eigenvalue weighted by Gasteiger charge is -2.14. The topological polar surface area (TPSA) is 38.5 Å². The van der Waals surface area contributed by atoms with Gasteiger partial charge in [-0.3, -0.25) is 0 Å². The molecule has 1 rings (SSSR count). The van der Waals surface area contributed by atoms with Crippen LogP contribution in [0.1, 0.15) is 32.1 Å². The number of hydrogen-bond donors (Lipinski definition) is 0. The van der Waals surface area contributed by atoms with E-state index in [9.17, 15) is 4.91 Å². The second-order valence-corrected chi connectivity index (χ2v) is 2.77. The lowest BCUT2D eigenvalue weighted by Crippen LogP contribution is -2.22. The van der Waals surface area contributed by atoms with E-state index in [2.05, 4.69) is 4.84 Å². The van der Waals surface area contributed by atoms with Crippen LogP contribution >= 0.6 is 0 Å². The third-order valence-corrected chi connectivity index (χ3v) is 1.94. The third kappa shape index (κ3) is 2.74. The Bertz CT molecular complexity index is 132. The summed E-state index contributed by atoms with van der Waals surface area (Å²) in [5, 5.41) is 0.190. The molecule has 0 amide bonds. The van der Waals surface area contributed by atoms with Gasteiger partial charge in [0.25, 0.3) is 0 Å². The molecule has 1 saturated carbocycles. The summed E-state index contributed by atoms with van der Waals surface area (Å²) >= 11 is 0. The molecule has 0 aliphatic heterocycles. The van der Waals surface area contributed by atoms with Crippen LogP contribution in [0.5, 0.6) is 0 Å². The standard InChI is InChI=1S/C7H14NO3/c1-10-8(9)11-7-5-3-2-4-6-7/h7H,2-6H2,1H3/q+1. The lowest BCUT2D eigenvalue weighted by molar-refractivity contribution is -0.983. The Kier molecular flexibility index (Phi) is 3.14. The van der Waals surface area contributed by atoms with Gasteiger partial charge in [0.15, 0.2) is 13.2 Å². The third-order valence-electron chi connectivity index (χ3n) is 1.94. The second kappa shape index (κ2) is 4.16. The van der Waals surface area contributed by atoms with Gasteiger partial charge in [0.1, 0.15) is 4.91 Å². The lowest BCUT2D eigenvalue weighted by atomic mass is 9.98. The Morgan fingerprint density at radius 1 is 1.27 bits per heavy atom. The summed E-state index contributed by atoms with van der Waals surface area (Å²) in [5.74, 6) is 0. The van der Waals surface area contributed by atoms with Gasteiger partial charge in [-0.25, -0.2) is 0 Å². The maximum atomic E-state index is 10.6. The molecule has 0 aromatic rings. The van der Waals surface area contributed by atoms with Gasteiger partial charge < -0.3 is 0 Å². The number of hydrogen-bond acceptors (Lipinski definition) is 3. The van der Waals surface area contributed by atoms with Crippen LogP contribution in [0.3, 0.4) is 0 Å². The van der Waals surface area contributed by atoms with E-state index in [4.69, 9.17) is 4.84 Å². The maximum Gasteiger partial charge on any atom is 0.477 e. The van der Waals surface area contributed by atoms with E-state index in [1.54, 1.807) is 0 Å². The highest BCUT2D eigenvalue weighted by Gasteiger charge is 2.23. The fourth-order valence-electron chi connectivity index (χ4n) is 1.34. The van der Waals surface area contributed by atoms with E-state index < -0.39 is 0 Å². The molecule has 0 atom stereocenters. The second-order valence-electron chi connectivity index (χ2n) is 2.77. The Hall–Kier alpha value is -0.800. The van der Waals surface area contributed by atoms with Gasteiger partial charge in [-0.2, -0.15) is 9.68 Å². The van der Waals surface area contributed by atoms with Crippen LogP contribution in [0.15, 0.2) is 0 Å². The summed E-state index contributed by atoms with van der Waals surface area (Å²) in [7, 11) is 1.30. The first kappa shape index (κ1) is 8.30. The van der Waals surface area contributed by atoms with Crippen molar-refractivity contribution in [3.63, 3.8) is 0 Å². The molecule has 0 radical (unpaired) electrons. The highest BCUT2D eigenvalue weighted by atomic mass is 17.0. The highest BCUT2D eigenvalue weighted by molar-refractivity contribution is 4.62. The molecule has 0 bridgehead atoms. The first-order valence-corrected chi connectivity index (χ1v) is 4.01. The van der Waals surface area contributed by atoms with E-state index in [0.29, 0.717) is 0 Å². The summed E-state index contributed by atoms with van der Waals surface area (Å²) < 4.78 is 0. The van der Waals surface area contributed by atoms with Crippen molar-refractivity contribution in [1.29, 1.82) is 0 Å². The van der Waals surface area contributed by atoms with Crippen molar-refractivity contribution in [1.82, 2.24) is 0 Å². The fourth-order valence-corrected chi connectivity index (χ4v) is 1.34. The molecule has 4 heteroatoms. The van der Waals surface area contributed by atoms with Gasteiger partial charge in [-0.1, -0.05) is 6.42 Å². The molecule has 1 aliphatic rings. The van der Waals surface area contributed by atoms with Gasteiger partial charge in [0.05, 0.1) is 0 Å². The predicted octanol–water partition coefficient (Wildman–Crippen LogP) is 1.59. The largest absolute Gasteiger partial charge is 0.477 e.